The van der Waals surface area contributed by atoms with Gasteiger partial charge >= 0.3 is 5.97 Å². The summed E-state index contributed by atoms with van der Waals surface area (Å²) in [6.07, 6.45) is 1.73. The molecule has 2 rings (SSSR count). The highest BCUT2D eigenvalue weighted by molar-refractivity contribution is 5.70. The maximum Gasteiger partial charge on any atom is 0.306 e. The monoisotopic (exact) mass is 277 g/mol. The molecule has 1 aliphatic heterocycles. The second-order valence-corrected chi connectivity index (χ2v) is 5.53. The lowest BCUT2D eigenvalue weighted by molar-refractivity contribution is -0.145. The van der Waals surface area contributed by atoms with Crippen molar-refractivity contribution in [2.45, 2.75) is 19.8 Å². The quantitative estimate of drug-likeness (QED) is 0.812. The SMILES string of the molecule is CC1CN(CCCOc2ccccc2)CCC1C(=O)O. The van der Waals surface area contributed by atoms with E-state index < -0.39 is 5.97 Å². The summed E-state index contributed by atoms with van der Waals surface area (Å²) in [7, 11) is 0. The van der Waals surface area contributed by atoms with Crippen LogP contribution in [0.15, 0.2) is 30.3 Å². The molecular weight excluding hydrogens is 254 g/mol. The van der Waals surface area contributed by atoms with Gasteiger partial charge in [-0.3, -0.25) is 4.79 Å². The highest BCUT2D eigenvalue weighted by atomic mass is 16.5. The van der Waals surface area contributed by atoms with E-state index >= 15 is 0 Å². The number of nitrogens with zero attached hydrogens (tertiary/aromatic N) is 1. The molecular formula is C16H23NO3. The molecule has 20 heavy (non-hydrogen) atoms. The van der Waals surface area contributed by atoms with E-state index in [2.05, 4.69) is 4.90 Å². The van der Waals surface area contributed by atoms with Gasteiger partial charge in [0.15, 0.2) is 0 Å². The van der Waals surface area contributed by atoms with Gasteiger partial charge in [-0.05, 0) is 37.4 Å². The number of aliphatic carboxylic acids is 1. The van der Waals surface area contributed by atoms with Crippen molar-refractivity contribution >= 4 is 5.97 Å². The van der Waals surface area contributed by atoms with Gasteiger partial charge in [0.1, 0.15) is 5.75 Å². The number of carboxylic acid groups (broad SMARTS) is 1. The number of carboxylic acids is 1. The van der Waals surface area contributed by atoms with E-state index in [4.69, 9.17) is 9.84 Å². The van der Waals surface area contributed by atoms with Crippen molar-refractivity contribution in [2.24, 2.45) is 11.8 Å². The van der Waals surface area contributed by atoms with Crippen LogP contribution in [-0.4, -0.2) is 42.2 Å². The van der Waals surface area contributed by atoms with Crippen LogP contribution in [-0.2, 0) is 4.79 Å². The molecule has 0 aromatic heterocycles. The number of piperidine rings is 1. The molecule has 0 amide bonds. The Hall–Kier alpha value is -1.55. The molecule has 0 spiro atoms. The molecule has 1 fully saturated rings. The average molecular weight is 277 g/mol. The number of ether oxygens (including phenoxy) is 1. The normalized spacial score (nSPS) is 23.4. The minimum absolute atomic E-state index is 0.174. The van der Waals surface area contributed by atoms with Crippen LogP contribution in [0.1, 0.15) is 19.8 Å². The maximum absolute atomic E-state index is 11.1. The lowest BCUT2D eigenvalue weighted by Crippen LogP contribution is -2.42. The van der Waals surface area contributed by atoms with Crippen LogP contribution in [0.3, 0.4) is 0 Å². The summed E-state index contributed by atoms with van der Waals surface area (Å²) in [5.74, 6) is 0.318. The van der Waals surface area contributed by atoms with Crippen LogP contribution in [0.4, 0.5) is 0 Å². The average Bonchev–Trinajstić information content (AvgIpc) is 2.44. The fraction of sp³-hybridized carbons (Fsp3) is 0.562. The van der Waals surface area contributed by atoms with Crippen LogP contribution < -0.4 is 4.74 Å². The lowest BCUT2D eigenvalue weighted by Gasteiger charge is -2.34. The minimum atomic E-state index is -0.649. The zero-order valence-corrected chi connectivity index (χ0v) is 12.0. The van der Waals surface area contributed by atoms with Crippen LogP contribution in [0.5, 0.6) is 5.75 Å². The Morgan fingerprint density at radius 3 is 2.80 bits per heavy atom. The molecule has 4 heteroatoms. The highest BCUT2D eigenvalue weighted by Crippen LogP contribution is 2.23. The molecule has 1 aromatic carbocycles. The first-order valence-electron chi connectivity index (χ1n) is 7.30. The zero-order valence-electron chi connectivity index (χ0n) is 12.0. The van der Waals surface area contributed by atoms with Crippen molar-refractivity contribution in [1.29, 1.82) is 0 Å². The number of rotatable bonds is 6. The van der Waals surface area contributed by atoms with E-state index in [-0.39, 0.29) is 11.8 Å². The molecule has 1 aliphatic rings. The van der Waals surface area contributed by atoms with Gasteiger partial charge in [-0.25, -0.2) is 0 Å². The molecule has 2 atom stereocenters. The molecule has 1 saturated heterocycles. The molecule has 0 saturated carbocycles. The van der Waals surface area contributed by atoms with Crippen molar-refractivity contribution < 1.29 is 14.6 Å². The Kier molecular flexibility index (Phi) is 5.41. The van der Waals surface area contributed by atoms with E-state index in [1.54, 1.807) is 0 Å². The molecule has 0 radical (unpaired) electrons. The summed E-state index contributed by atoms with van der Waals surface area (Å²) >= 11 is 0. The molecule has 4 nitrogen and oxygen atoms in total. The van der Waals surface area contributed by atoms with Gasteiger partial charge in [0, 0.05) is 13.1 Å². The van der Waals surface area contributed by atoms with Crippen LogP contribution in [0.2, 0.25) is 0 Å². The molecule has 110 valence electrons. The number of hydrogen-bond donors (Lipinski definition) is 1. The van der Waals surface area contributed by atoms with Crippen LogP contribution in [0, 0.1) is 11.8 Å². The van der Waals surface area contributed by atoms with E-state index in [1.165, 1.54) is 0 Å². The molecule has 2 unspecified atom stereocenters. The Labute approximate surface area is 120 Å². The fourth-order valence-corrected chi connectivity index (χ4v) is 2.80. The number of likely N-dealkylation sites (tertiary alicyclic amines) is 1. The first-order chi connectivity index (χ1) is 9.66. The minimum Gasteiger partial charge on any atom is -0.494 e. The first kappa shape index (κ1) is 14.9. The largest absolute Gasteiger partial charge is 0.494 e. The second kappa shape index (κ2) is 7.29. The van der Waals surface area contributed by atoms with Gasteiger partial charge in [-0.2, -0.15) is 0 Å². The first-order valence-corrected chi connectivity index (χ1v) is 7.30. The number of hydrogen-bond acceptors (Lipinski definition) is 3. The van der Waals surface area contributed by atoms with Gasteiger partial charge in [-0.15, -0.1) is 0 Å². The van der Waals surface area contributed by atoms with E-state index in [0.29, 0.717) is 6.61 Å². The standard InChI is InChI=1S/C16H23NO3/c1-13-12-17(10-8-15(13)16(18)19)9-5-11-20-14-6-3-2-4-7-14/h2-4,6-7,13,15H,5,8-12H2,1H3,(H,18,19). The van der Waals surface area contributed by atoms with Gasteiger partial charge in [0.05, 0.1) is 12.5 Å². The predicted molar refractivity (Wildman–Crippen MR) is 77.9 cm³/mol. The van der Waals surface area contributed by atoms with Crippen molar-refractivity contribution in [1.82, 2.24) is 4.90 Å². The Balaban J connectivity index is 1.65. The fourth-order valence-electron chi connectivity index (χ4n) is 2.80. The number of carbonyl (C=O) groups is 1. The van der Waals surface area contributed by atoms with Gasteiger partial charge in [-0.1, -0.05) is 25.1 Å². The smallest absolute Gasteiger partial charge is 0.306 e. The third-order valence-corrected chi connectivity index (χ3v) is 3.94. The van der Waals surface area contributed by atoms with Crippen molar-refractivity contribution in [3.8, 4) is 5.75 Å². The lowest BCUT2D eigenvalue weighted by atomic mass is 9.87. The molecule has 1 N–H and O–H groups in total. The summed E-state index contributed by atoms with van der Waals surface area (Å²) in [5, 5.41) is 9.10. The highest BCUT2D eigenvalue weighted by Gasteiger charge is 2.30. The summed E-state index contributed by atoms with van der Waals surface area (Å²) in [5.41, 5.74) is 0. The third kappa shape index (κ3) is 4.23. The van der Waals surface area contributed by atoms with Crippen molar-refractivity contribution in [3.63, 3.8) is 0 Å². The van der Waals surface area contributed by atoms with Crippen molar-refractivity contribution in [3.05, 3.63) is 30.3 Å². The third-order valence-electron chi connectivity index (χ3n) is 3.94. The van der Waals surface area contributed by atoms with Crippen LogP contribution in [0.25, 0.3) is 0 Å². The summed E-state index contributed by atoms with van der Waals surface area (Å²) in [6, 6.07) is 9.82. The number of benzene rings is 1. The van der Waals surface area contributed by atoms with E-state index in [1.807, 2.05) is 37.3 Å². The Bertz CT molecular complexity index is 421. The van der Waals surface area contributed by atoms with Gasteiger partial charge in [0.2, 0.25) is 0 Å². The Morgan fingerprint density at radius 2 is 2.15 bits per heavy atom. The van der Waals surface area contributed by atoms with Crippen LogP contribution >= 0.6 is 0 Å². The van der Waals surface area contributed by atoms with E-state index in [0.717, 1.165) is 38.2 Å². The zero-order chi connectivity index (χ0) is 14.4. The predicted octanol–water partition coefficient (Wildman–Crippen LogP) is 2.50. The molecule has 1 heterocycles. The molecule has 0 bridgehead atoms. The molecule has 0 aliphatic carbocycles. The summed E-state index contributed by atoms with van der Waals surface area (Å²) < 4.78 is 5.66. The van der Waals surface area contributed by atoms with Gasteiger partial charge in [0.25, 0.3) is 0 Å². The second-order valence-electron chi connectivity index (χ2n) is 5.53. The maximum atomic E-state index is 11.1. The summed E-state index contributed by atoms with van der Waals surface area (Å²) in [4.78, 5) is 13.4. The Morgan fingerprint density at radius 1 is 1.40 bits per heavy atom. The van der Waals surface area contributed by atoms with E-state index in [9.17, 15) is 4.79 Å². The topological polar surface area (TPSA) is 49.8 Å². The van der Waals surface area contributed by atoms with Gasteiger partial charge < -0.3 is 14.7 Å². The molecule has 1 aromatic rings. The van der Waals surface area contributed by atoms with Crippen molar-refractivity contribution in [2.75, 3.05) is 26.2 Å². The number of para-hydroxylation sites is 1. The summed E-state index contributed by atoms with van der Waals surface area (Å²) in [6.45, 7) is 5.47.